The lowest BCUT2D eigenvalue weighted by molar-refractivity contribution is 0.415. The lowest BCUT2D eigenvalue weighted by Gasteiger charge is -2.12. The molecule has 0 aliphatic carbocycles. The van der Waals surface area contributed by atoms with Gasteiger partial charge < -0.3 is 10.1 Å². The molecule has 0 unspecified atom stereocenters. The zero-order valence-corrected chi connectivity index (χ0v) is 14.6. The van der Waals surface area contributed by atoms with Gasteiger partial charge in [-0.25, -0.2) is 4.98 Å². The van der Waals surface area contributed by atoms with Gasteiger partial charge in [-0.2, -0.15) is 0 Å². The minimum atomic E-state index is 0. The number of pyridine rings is 1. The molecule has 0 atom stereocenters. The Kier molecular flexibility index (Phi) is 5.12. The number of methoxy groups -OCH3 is 1. The van der Waals surface area contributed by atoms with E-state index in [2.05, 4.69) is 44.3 Å². The van der Waals surface area contributed by atoms with Gasteiger partial charge >= 0.3 is 0 Å². The van der Waals surface area contributed by atoms with Gasteiger partial charge in [0.25, 0.3) is 0 Å². The second-order valence-electron chi connectivity index (χ2n) is 5.66. The second-order valence-corrected chi connectivity index (χ2v) is 5.66. The summed E-state index contributed by atoms with van der Waals surface area (Å²) in [6.07, 6.45) is 0. The number of hydrogen-bond donors (Lipinski definition) is 1. The summed E-state index contributed by atoms with van der Waals surface area (Å²) in [4.78, 5) is 4.77. The van der Waals surface area contributed by atoms with Gasteiger partial charge in [-0.15, -0.1) is 12.4 Å². The number of fused-ring (bicyclic) bond motifs is 1. The standard InChI is InChI=1S/C19H20N2O.ClH/c1-12-9-14(3)19-17(10-12)13(2)11-18(21-19)20-15-5-7-16(22-4)8-6-15;/h5-11H,1-4H3,(H,20,21);1H. The van der Waals surface area contributed by atoms with E-state index in [0.717, 1.165) is 22.8 Å². The molecule has 23 heavy (non-hydrogen) atoms. The van der Waals surface area contributed by atoms with Crippen LogP contribution in [0.2, 0.25) is 0 Å². The van der Waals surface area contributed by atoms with Crippen LogP contribution in [0.3, 0.4) is 0 Å². The van der Waals surface area contributed by atoms with Gasteiger partial charge in [-0.3, -0.25) is 0 Å². The number of rotatable bonds is 3. The molecule has 3 nitrogen and oxygen atoms in total. The summed E-state index contributed by atoms with van der Waals surface area (Å²) in [5.74, 6) is 1.71. The maximum absolute atomic E-state index is 5.18. The molecule has 3 aromatic rings. The Labute approximate surface area is 143 Å². The highest BCUT2D eigenvalue weighted by molar-refractivity contribution is 5.87. The fourth-order valence-corrected chi connectivity index (χ4v) is 2.73. The molecule has 0 amide bonds. The number of nitrogens with one attached hydrogen (secondary N) is 1. The van der Waals surface area contributed by atoms with E-state index in [4.69, 9.17) is 9.72 Å². The molecule has 3 rings (SSSR count). The van der Waals surface area contributed by atoms with Gasteiger partial charge in [0.2, 0.25) is 0 Å². The molecule has 0 aliphatic heterocycles. The van der Waals surface area contributed by atoms with Crippen LogP contribution in [0, 0.1) is 20.8 Å². The van der Waals surface area contributed by atoms with Crippen molar-refractivity contribution in [3.8, 4) is 5.75 Å². The van der Waals surface area contributed by atoms with Gasteiger partial charge in [0.1, 0.15) is 11.6 Å². The number of anilines is 2. The zero-order valence-electron chi connectivity index (χ0n) is 13.8. The molecule has 2 aromatic carbocycles. The third-order valence-corrected chi connectivity index (χ3v) is 3.82. The number of halogens is 1. The second kappa shape index (κ2) is 6.88. The summed E-state index contributed by atoms with van der Waals surface area (Å²) in [5, 5.41) is 4.58. The van der Waals surface area contributed by atoms with Crippen molar-refractivity contribution in [2.45, 2.75) is 20.8 Å². The van der Waals surface area contributed by atoms with Crippen molar-refractivity contribution in [2.24, 2.45) is 0 Å². The van der Waals surface area contributed by atoms with Gasteiger partial charge in [0, 0.05) is 11.1 Å². The number of aromatic nitrogens is 1. The molecular formula is C19H21ClN2O. The van der Waals surface area contributed by atoms with Crippen LogP contribution in [0.15, 0.2) is 42.5 Å². The third kappa shape index (κ3) is 3.57. The van der Waals surface area contributed by atoms with E-state index in [9.17, 15) is 0 Å². The lowest BCUT2D eigenvalue weighted by atomic mass is 10.0. The molecule has 0 radical (unpaired) electrons. The van der Waals surface area contributed by atoms with E-state index in [0.29, 0.717) is 0 Å². The largest absolute Gasteiger partial charge is 0.497 e. The Morgan fingerprint density at radius 2 is 1.61 bits per heavy atom. The van der Waals surface area contributed by atoms with Gasteiger partial charge in [0.05, 0.1) is 12.6 Å². The quantitative estimate of drug-likeness (QED) is 0.705. The fraction of sp³-hybridized carbons (Fsp3) is 0.211. The molecule has 0 aliphatic rings. The highest BCUT2D eigenvalue weighted by atomic mass is 35.5. The summed E-state index contributed by atoms with van der Waals surface area (Å²) in [5.41, 5.74) is 5.76. The van der Waals surface area contributed by atoms with Gasteiger partial charge in [-0.05, 0) is 68.3 Å². The zero-order chi connectivity index (χ0) is 15.7. The predicted molar refractivity (Wildman–Crippen MR) is 99.5 cm³/mol. The topological polar surface area (TPSA) is 34.1 Å². The van der Waals surface area contributed by atoms with Gasteiger partial charge in [-0.1, -0.05) is 11.6 Å². The number of benzene rings is 2. The molecule has 120 valence electrons. The van der Waals surface area contributed by atoms with E-state index in [1.54, 1.807) is 7.11 Å². The van der Waals surface area contributed by atoms with Gasteiger partial charge in [0.15, 0.2) is 0 Å². The van der Waals surface area contributed by atoms with E-state index < -0.39 is 0 Å². The van der Waals surface area contributed by atoms with Crippen LogP contribution < -0.4 is 10.1 Å². The molecule has 0 saturated heterocycles. The van der Waals surface area contributed by atoms with Crippen molar-refractivity contribution >= 4 is 34.8 Å². The monoisotopic (exact) mass is 328 g/mol. The molecule has 0 bridgehead atoms. The summed E-state index contributed by atoms with van der Waals surface area (Å²) in [6.45, 7) is 6.36. The Morgan fingerprint density at radius 3 is 2.26 bits per heavy atom. The average molecular weight is 329 g/mol. The first-order valence-corrected chi connectivity index (χ1v) is 7.36. The van der Waals surface area contributed by atoms with Crippen LogP contribution in [-0.2, 0) is 0 Å². The molecule has 0 fully saturated rings. The number of nitrogens with zero attached hydrogens (tertiary/aromatic N) is 1. The normalized spacial score (nSPS) is 10.3. The Bertz CT molecular complexity index is 829. The third-order valence-electron chi connectivity index (χ3n) is 3.82. The number of aryl methyl sites for hydroxylation is 3. The summed E-state index contributed by atoms with van der Waals surface area (Å²) >= 11 is 0. The summed E-state index contributed by atoms with van der Waals surface area (Å²) in [6, 6.07) is 14.3. The van der Waals surface area contributed by atoms with Crippen molar-refractivity contribution in [3.05, 3.63) is 59.2 Å². The molecule has 1 N–H and O–H groups in total. The molecule has 0 spiro atoms. The van der Waals surface area contributed by atoms with Crippen molar-refractivity contribution in [3.63, 3.8) is 0 Å². The minimum absolute atomic E-state index is 0. The van der Waals surface area contributed by atoms with E-state index >= 15 is 0 Å². The molecule has 0 saturated carbocycles. The van der Waals surface area contributed by atoms with E-state index in [-0.39, 0.29) is 12.4 Å². The fourth-order valence-electron chi connectivity index (χ4n) is 2.73. The predicted octanol–water partition coefficient (Wildman–Crippen LogP) is 5.33. The highest BCUT2D eigenvalue weighted by Crippen LogP contribution is 2.26. The molecule has 1 aromatic heterocycles. The van der Waals surface area contributed by atoms with Crippen LogP contribution in [-0.4, -0.2) is 12.1 Å². The lowest BCUT2D eigenvalue weighted by Crippen LogP contribution is -1.97. The molecule has 1 heterocycles. The first kappa shape index (κ1) is 17.1. The van der Waals surface area contributed by atoms with Crippen molar-refractivity contribution in [2.75, 3.05) is 12.4 Å². The van der Waals surface area contributed by atoms with Crippen LogP contribution >= 0.6 is 12.4 Å². The first-order chi connectivity index (χ1) is 10.6. The van der Waals surface area contributed by atoms with Crippen molar-refractivity contribution in [1.29, 1.82) is 0 Å². The average Bonchev–Trinajstić information content (AvgIpc) is 2.49. The van der Waals surface area contributed by atoms with Crippen LogP contribution in [0.5, 0.6) is 5.75 Å². The van der Waals surface area contributed by atoms with Crippen molar-refractivity contribution in [1.82, 2.24) is 4.98 Å². The Morgan fingerprint density at radius 1 is 0.913 bits per heavy atom. The number of hydrogen-bond acceptors (Lipinski definition) is 3. The summed E-state index contributed by atoms with van der Waals surface area (Å²) in [7, 11) is 1.67. The minimum Gasteiger partial charge on any atom is -0.497 e. The maximum Gasteiger partial charge on any atom is 0.131 e. The summed E-state index contributed by atoms with van der Waals surface area (Å²) < 4.78 is 5.18. The van der Waals surface area contributed by atoms with E-state index in [1.165, 1.54) is 22.1 Å². The van der Waals surface area contributed by atoms with E-state index in [1.807, 2.05) is 24.3 Å². The Hall–Kier alpha value is -2.26. The smallest absolute Gasteiger partial charge is 0.131 e. The van der Waals surface area contributed by atoms with Crippen LogP contribution in [0.4, 0.5) is 11.5 Å². The molecular weight excluding hydrogens is 308 g/mol. The Balaban J connectivity index is 0.00000192. The maximum atomic E-state index is 5.18. The van der Waals surface area contributed by atoms with Crippen LogP contribution in [0.1, 0.15) is 16.7 Å². The van der Waals surface area contributed by atoms with Crippen LogP contribution in [0.25, 0.3) is 10.9 Å². The molecule has 4 heteroatoms. The SMILES string of the molecule is COc1ccc(Nc2cc(C)c3cc(C)cc(C)c3n2)cc1.Cl. The van der Waals surface area contributed by atoms with Crippen molar-refractivity contribution < 1.29 is 4.74 Å². The first-order valence-electron chi connectivity index (χ1n) is 7.36. The highest BCUT2D eigenvalue weighted by Gasteiger charge is 2.06. The number of ether oxygens (including phenoxy) is 1.